The standard InChI is InChI=1S/C19H23N3O2/c1-22(13-19(21)24)12-15-3-2-4-17(11-15)16-8-5-14(6-9-16)7-10-18(20)23/h2-6,8-9,11H,7,10,12-13H2,1H3,(H2,20,23)(H2,21,24). The van der Waals surface area contributed by atoms with Crippen molar-refractivity contribution in [1.29, 1.82) is 0 Å². The summed E-state index contributed by atoms with van der Waals surface area (Å²) in [6, 6.07) is 16.3. The van der Waals surface area contributed by atoms with Crippen molar-refractivity contribution in [3.05, 3.63) is 59.7 Å². The van der Waals surface area contributed by atoms with Crippen LogP contribution in [0, 0.1) is 0 Å². The predicted molar refractivity (Wildman–Crippen MR) is 94.9 cm³/mol. The van der Waals surface area contributed by atoms with Gasteiger partial charge in [-0.3, -0.25) is 14.5 Å². The summed E-state index contributed by atoms with van der Waals surface area (Å²) in [4.78, 5) is 23.7. The lowest BCUT2D eigenvalue weighted by Gasteiger charge is -2.15. The fourth-order valence-corrected chi connectivity index (χ4v) is 2.61. The normalized spacial score (nSPS) is 10.8. The fraction of sp³-hybridized carbons (Fsp3) is 0.263. The van der Waals surface area contributed by atoms with E-state index in [1.165, 1.54) is 0 Å². The molecule has 0 unspecified atom stereocenters. The van der Waals surface area contributed by atoms with Gasteiger partial charge in [-0.2, -0.15) is 0 Å². The lowest BCUT2D eigenvalue weighted by Crippen LogP contribution is -2.30. The molecule has 0 bridgehead atoms. The second-order valence-electron chi connectivity index (χ2n) is 6.00. The second kappa shape index (κ2) is 8.26. The maximum Gasteiger partial charge on any atom is 0.231 e. The lowest BCUT2D eigenvalue weighted by atomic mass is 10.0. The van der Waals surface area contributed by atoms with Gasteiger partial charge in [0.2, 0.25) is 11.8 Å². The molecule has 5 nitrogen and oxygen atoms in total. The highest BCUT2D eigenvalue weighted by Gasteiger charge is 2.05. The molecule has 5 heteroatoms. The van der Waals surface area contributed by atoms with Gasteiger partial charge in [-0.05, 0) is 41.8 Å². The molecule has 0 fully saturated rings. The summed E-state index contributed by atoms with van der Waals surface area (Å²) in [7, 11) is 1.87. The number of aryl methyl sites for hydroxylation is 1. The van der Waals surface area contributed by atoms with Crippen LogP contribution in [0.4, 0.5) is 0 Å². The number of nitrogens with zero attached hydrogens (tertiary/aromatic N) is 1. The third kappa shape index (κ3) is 5.52. The first-order valence-electron chi connectivity index (χ1n) is 7.87. The Balaban J connectivity index is 2.07. The Morgan fingerprint density at radius 1 is 0.917 bits per heavy atom. The Hall–Kier alpha value is -2.66. The van der Waals surface area contributed by atoms with E-state index in [1.54, 1.807) is 0 Å². The van der Waals surface area contributed by atoms with E-state index in [1.807, 2.05) is 48.3 Å². The zero-order valence-corrected chi connectivity index (χ0v) is 13.9. The summed E-state index contributed by atoms with van der Waals surface area (Å²) >= 11 is 0. The first-order valence-corrected chi connectivity index (χ1v) is 7.87. The molecule has 0 aliphatic heterocycles. The van der Waals surface area contributed by atoms with Gasteiger partial charge in [-0.25, -0.2) is 0 Å². The molecule has 0 saturated carbocycles. The van der Waals surface area contributed by atoms with Crippen molar-refractivity contribution >= 4 is 11.8 Å². The largest absolute Gasteiger partial charge is 0.370 e. The Kier molecular flexibility index (Phi) is 6.09. The van der Waals surface area contributed by atoms with Crippen molar-refractivity contribution in [2.24, 2.45) is 11.5 Å². The van der Waals surface area contributed by atoms with E-state index in [4.69, 9.17) is 11.5 Å². The molecule has 0 saturated heterocycles. The zero-order chi connectivity index (χ0) is 17.5. The number of rotatable bonds is 8. The molecule has 0 radical (unpaired) electrons. The Bertz CT molecular complexity index is 711. The molecule has 0 spiro atoms. The molecule has 2 aromatic rings. The van der Waals surface area contributed by atoms with E-state index in [0.717, 1.165) is 22.3 Å². The van der Waals surface area contributed by atoms with Gasteiger partial charge >= 0.3 is 0 Å². The average molecular weight is 325 g/mol. The van der Waals surface area contributed by atoms with Gasteiger partial charge in [0.1, 0.15) is 0 Å². The molecule has 0 aliphatic rings. The van der Waals surface area contributed by atoms with E-state index < -0.39 is 0 Å². The molecule has 0 heterocycles. The van der Waals surface area contributed by atoms with Crippen LogP contribution in [0.15, 0.2) is 48.5 Å². The Morgan fingerprint density at radius 3 is 2.25 bits per heavy atom. The summed E-state index contributed by atoms with van der Waals surface area (Å²) in [5, 5.41) is 0. The number of nitrogens with two attached hydrogens (primary N) is 2. The molecule has 2 amide bonds. The van der Waals surface area contributed by atoms with E-state index in [2.05, 4.69) is 12.1 Å². The van der Waals surface area contributed by atoms with Gasteiger partial charge in [0.05, 0.1) is 6.54 Å². The molecular formula is C19H23N3O2. The van der Waals surface area contributed by atoms with Crippen molar-refractivity contribution in [2.45, 2.75) is 19.4 Å². The SMILES string of the molecule is CN(CC(N)=O)Cc1cccc(-c2ccc(CCC(N)=O)cc2)c1. The minimum absolute atomic E-state index is 0.235. The van der Waals surface area contributed by atoms with Gasteiger partial charge in [-0.1, -0.05) is 42.5 Å². The zero-order valence-electron chi connectivity index (χ0n) is 13.9. The van der Waals surface area contributed by atoms with Crippen LogP contribution in [0.25, 0.3) is 11.1 Å². The monoisotopic (exact) mass is 325 g/mol. The van der Waals surface area contributed by atoms with Gasteiger partial charge in [0.15, 0.2) is 0 Å². The van der Waals surface area contributed by atoms with Crippen molar-refractivity contribution in [2.75, 3.05) is 13.6 Å². The first-order chi connectivity index (χ1) is 11.4. The summed E-state index contributed by atoms with van der Waals surface area (Å²) in [6.07, 6.45) is 1.02. The topological polar surface area (TPSA) is 89.4 Å². The molecular weight excluding hydrogens is 302 g/mol. The minimum atomic E-state index is -0.333. The summed E-state index contributed by atoms with van der Waals surface area (Å²) in [5.74, 6) is -0.618. The molecule has 2 rings (SSSR count). The number of hydrogen-bond acceptors (Lipinski definition) is 3. The van der Waals surface area contributed by atoms with Crippen LogP contribution in [0.2, 0.25) is 0 Å². The number of carbonyl (C=O) groups excluding carboxylic acids is 2. The third-order valence-corrected chi connectivity index (χ3v) is 3.75. The van der Waals surface area contributed by atoms with Crippen LogP contribution >= 0.6 is 0 Å². The number of primary amides is 2. The van der Waals surface area contributed by atoms with E-state index in [9.17, 15) is 9.59 Å². The van der Waals surface area contributed by atoms with Crippen LogP contribution in [0.3, 0.4) is 0 Å². The van der Waals surface area contributed by atoms with Gasteiger partial charge in [-0.15, -0.1) is 0 Å². The molecule has 4 N–H and O–H groups in total. The quantitative estimate of drug-likeness (QED) is 0.774. The van der Waals surface area contributed by atoms with Crippen LogP contribution in [-0.2, 0) is 22.6 Å². The summed E-state index contributed by atoms with van der Waals surface area (Å²) in [5.41, 5.74) is 14.8. The van der Waals surface area contributed by atoms with Crippen LogP contribution in [-0.4, -0.2) is 30.3 Å². The highest BCUT2D eigenvalue weighted by Crippen LogP contribution is 2.22. The number of likely N-dealkylation sites (N-methyl/N-ethyl adjacent to an activating group) is 1. The van der Waals surface area contributed by atoms with Gasteiger partial charge < -0.3 is 11.5 Å². The van der Waals surface area contributed by atoms with Gasteiger partial charge in [0, 0.05) is 13.0 Å². The molecule has 0 aromatic heterocycles. The number of benzene rings is 2. The van der Waals surface area contributed by atoms with Crippen molar-refractivity contribution in [1.82, 2.24) is 4.90 Å². The Labute approximate surface area is 142 Å². The Morgan fingerprint density at radius 2 is 1.62 bits per heavy atom. The van der Waals surface area contributed by atoms with Crippen molar-refractivity contribution in [3.63, 3.8) is 0 Å². The molecule has 126 valence electrons. The molecule has 2 aromatic carbocycles. The van der Waals surface area contributed by atoms with Gasteiger partial charge in [0.25, 0.3) is 0 Å². The number of amides is 2. The fourth-order valence-electron chi connectivity index (χ4n) is 2.61. The summed E-state index contributed by atoms with van der Waals surface area (Å²) in [6.45, 7) is 0.895. The van der Waals surface area contributed by atoms with Crippen LogP contribution in [0.5, 0.6) is 0 Å². The maximum absolute atomic E-state index is 11.0. The highest BCUT2D eigenvalue weighted by molar-refractivity contribution is 5.76. The number of hydrogen-bond donors (Lipinski definition) is 2. The molecule has 24 heavy (non-hydrogen) atoms. The number of carbonyl (C=O) groups is 2. The van der Waals surface area contributed by atoms with E-state index in [0.29, 0.717) is 19.4 Å². The van der Waals surface area contributed by atoms with E-state index >= 15 is 0 Å². The predicted octanol–water partition coefficient (Wildman–Crippen LogP) is 1.69. The first kappa shape index (κ1) is 17.7. The smallest absolute Gasteiger partial charge is 0.231 e. The van der Waals surface area contributed by atoms with E-state index in [-0.39, 0.29) is 18.4 Å². The maximum atomic E-state index is 11.0. The third-order valence-electron chi connectivity index (χ3n) is 3.75. The van der Waals surface area contributed by atoms with Crippen LogP contribution < -0.4 is 11.5 Å². The molecule has 0 atom stereocenters. The van der Waals surface area contributed by atoms with Crippen LogP contribution in [0.1, 0.15) is 17.5 Å². The highest BCUT2D eigenvalue weighted by atomic mass is 16.1. The average Bonchev–Trinajstić information content (AvgIpc) is 2.53. The lowest BCUT2D eigenvalue weighted by molar-refractivity contribution is -0.119. The second-order valence-corrected chi connectivity index (χ2v) is 6.00. The van der Waals surface area contributed by atoms with Crippen molar-refractivity contribution < 1.29 is 9.59 Å². The van der Waals surface area contributed by atoms with Crippen molar-refractivity contribution in [3.8, 4) is 11.1 Å². The minimum Gasteiger partial charge on any atom is -0.370 e. The summed E-state index contributed by atoms with van der Waals surface area (Å²) < 4.78 is 0. The molecule has 0 aliphatic carbocycles.